The summed E-state index contributed by atoms with van der Waals surface area (Å²) in [5.41, 5.74) is 1.70. The minimum Gasteiger partial charge on any atom is -0.497 e. The first-order valence-corrected chi connectivity index (χ1v) is 10.3. The zero-order chi connectivity index (χ0) is 23.3. The zero-order valence-corrected chi connectivity index (χ0v) is 18.9. The van der Waals surface area contributed by atoms with Gasteiger partial charge in [0.1, 0.15) is 28.9 Å². The Labute approximate surface area is 187 Å². The van der Waals surface area contributed by atoms with E-state index in [0.29, 0.717) is 11.4 Å². The number of hydrogen-bond donors (Lipinski definition) is 2. The van der Waals surface area contributed by atoms with E-state index in [0.717, 1.165) is 22.6 Å². The van der Waals surface area contributed by atoms with Crippen molar-refractivity contribution in [1.82, 2.24) is 5.32 Å². The third kappa shape index (κ3) is 6.14. The van der Waals surface area contributed by atoms with Gasteiger partial charge in [-0.2, -0.15) is 0 Å². The molecular formula is C25H28N2O5. The maximum Gasteiger partial charge on any atom is 0.408 e. The molecule has 7 heteroatoms. The van der Waals surface area contributed by atoms with Gasteiger partial charge in [-0.25, -0.2) is 4.79 Å². The topological polar surface area (TPSA) is 89.8 Å². The van der Waals surface area contributed by atoms with Gasteiger partial charge in [0.15, 0.2) is 0 Å². The molecule has 1 heterocycles. The van der Waals surface area contributed by atoms with E-state index in [1.54, 1.807) is 40.9 Å². The number of carbonyl (C=O) groups excluding carboxylic acids is 2. The Balaban J connectivity index is 1.67. The Kier molecular flexibility index (Phi) is 6.88. The number of anilines is 1. The molecule has 0 aliphatic heterocycles. The molecule has 0 saturated carbocycles. The Hall–Kier alpha value is -3.74. The first-order chi connectivity index (χ1) is 15.1. The lowest BCUT2D eigenvalue weighted by Gasteiger charge is -2.21. The average Bonchev–Trinajstić information content (AvgIpc) is 3.23. The molecule has 0 unspecified atom stereocenters. The third-order valence-electron chi connectivity index (χ3n) is 4.52. The monoisotopic (exact) mass is 436 g/mol. The normalized spacial score (nSPS) is 12.0. The number of methoxy groups -OCH3 is 1. The minimum absolute atomic E-state index is 0.355. The van der Waals surface area contributed by atoms with Gasteiger partial charge in [-0.05, 0) is 76.2 Å². The first-order valence-electron chi connectivity index (χ1n) is 10.3. The van der Waals surface area contributed by atoms with E-state index in [2.05, 4.69) is 10.6 Å². The second-order valence-corrected chi connectivity index (χ2v) is 8.33. The number of furan rings is 1. The lowest BCUT2D eigenvalue weighted by molar-refractivity contribution is -0.117. The van der Waals surface area contributed by atoms with E-state index in [4.69, 9.17) is 13.9 Å². The molecule has 7 nitrogen and oxygen atoms in total. The maximum absolute atomic E-state index is 12.5. The fraction of sp³-hybridized carbons (Fsp3) is 0.280. The molecule has 168 valence electrons. The Bertz CT molecular complexity index is 1080. The van der Waals surface area contributed by atoms with Gasteiger partial charge in [0.05, 0.1) is 7.11 Å². The molecule has 1 atom stereocenters. The Morgan fingerprint density at radius 1 is 0.938 bits per heavy atom. The number of amides is 2. The summed E-state index contributed by atoms with van der Waals surface area (Å²) in [6, 6.07) is 17.9. The van der Waals surface area contributed by atoms with E-state index >= 15 is 0 Å². The van der Waals surface area contributed by atoms with Gasteiger partial charge in [-0.3, -0.25) is 4.79 Å². The van der Waals surface area contributed by atoms with Crippen molar-refractivity contribution in [3.8, 4) is 28.4 Å². The van der Waals surface area contributed by atoms with Crippen molar-refractivity contribution < 1.29 is 23.5 Å². The predicted octanol–water partition coefficient (Wildman–Crippen LogP) is 5.47. The van der Waals surface area contributed by atoms with Crippen molar-refractivity contribution in [2.24, 2.45) is 0 Å². The summed E-state index contributed by atoms with van der Waals surface area (Å²) in [5.74, 6) is 1.82. The van der Waals surface area contributed by atoms with Crippen LogP contribution in [0.5, 0.6) is 5.75 Å². The standard InChI is InChI=1S/C25H28N2O5/c1-16(26-24(29)32-25(2,3)4)23(28)27-19-8-6-7-18(15-19)22-14-13-21(31-22)17-9-11-20(30-5)12-10-17/h6-16H,1-5H3,(H,26,29)(H,27,28)/t16-/m0/s1. The van der Waals surface area contributed by atoms with Crippen LogP contribution in [0.15, 0.2) is 65.1 Å². The van der Waals surface area contributed by atoms with Crippen molar-refractivity contribution in [2.45, 2.75) is 39.3 Å². The number of ether oxygens (including phenoxy) is 2. The van der Waals surface area contributed by atoms with Gasteiger partial charge in [0.2, 0.25) is 5.91 Å². The van der Waals surface area contributed by atoms with E-state index in [1.807, 2.05) is 54.6 Å². The number of alkyl carbamates (subject to hydrolysis) is 1. The van der Waals surface area contributed by atoms with Crippen molar-refractivity contribution in [2.75, 3.05) is 12.4 Å². The molecule has 2 N–H and O–H groups in total. The van der Waals surface area contributed by atoms with E-state index < -0.39 is 17.7 Å². The van der Waals surface area contributed by atoms with E-state index in [9.17, 15) is 9.59 Å². The summed E-state index contributed by atoms with van der Waals surface area (Å²) in [6.07, 6.45) is -0.643. The first kappa shape index (κ1) is 22.9. The van der Waals surface area contributed by atoms with Crippen LogP contribution in [-0.4, -0.2) is 30.8 Å². The molecule has 0 radical (unpaired) electrons. The fourth-order valence-corrected chi connectivity index (χ4v) is 2.95. The number of rotatable bonds is 6. The second kappa shape index (κ2) is 9.60. The van der Waals surface area contributed by atoms with E-state index in [-0.39, 0.29) is 5.91 Å². The smallest absolute Gasteiger partial charge is 0.408 e. The molecule has 2 aromatic carbocycles. The van der Waals surface area contributed by atoms with Gasteiger partial charge in [-0.15, -0.1) is 0 Å². The van der Waals surface area contributed by atoms with Gasteiger partial charge < -0.3 is 24.5 Å². The van der Waals surface area contributed by atoms with Crippen LogP contribution in [0.1, 0.15) is 27.7 Å². The van der Waals surface area contributed by atoms with Gasteiger partial charge in [0.25, 0.3) is 0 Å². The van der Waals surface area contributed by atoms with Gasteiger partial charge in [-0.1, -0.05) is 12.1 Å². The minimum atomic E-state index is -0.765. The number of carbonyl (C=O) groups is 2. The van der Waals surface area contributed by atoms with Crippen LogP contribution >= 0.6 is 0 Å². The third-order valence-corrected chi connectivity index (χ3v) is 4.52. The van der Waals surface area contributed by atoms with Crippen molar-refractivity contribution in [1.29, 1.82) is 0 Å². The van der Waals surface area contributed by atoms with Gasteiger partial charge >= 0.3 is 6.09 Å². The molecule has 0 saturated heterocycles. The Morgan fingerprint density at radius 2 is 1.59 bits per heavy atom. The number of hydrogen-bond acceptors (Lipinski definition) is 5. The highest BCUT2D eigenvalue weighted by molar-refractivity contribution is 5.96. The molecule has 0 spiro atoms. The summed E-state index contributed by atoms with van der Waals surface area (Å²) in [7, 11) is 1.63. The molecular weight excluding hydrogens is 408 g/mol. The molecule has 0 aliphatic rings. The fourth-order valence-electron chi connectivity index (χ4n) is 2.95. The molecule has 32 heavy (non-hydrogen) atoms. The molecule has 3 rings (SSSR count). The summed E-state index contributed by atoms with van der Waals surface area (Å²) >= 11 is 0. The summed E-state index contributed by atoms with van der Waals surface area (Å²) in [5, 5.41) is 5.34. The molecule has 1 aromatic heterocycles. The number of benzene rings is 2. The average molecular weight is 437 g/mol. The molecule has 3 aromatic rings. The van der Waals surface area contributed by atoms with Gasteiger partial charge in [0, 0.05) is 16.8 Å². The highest BCUT2D eigenvalue weighted by atomic mass is 16.6. The number of nitrogens with one attached hydrogen (secondary N) is 2. The lowest BCUT2D eigenvalue weighted by atomic mass is 10.1. The second-order valence-electron chi connectivity index (χ2n) is 8.33. The summed E-state index contributed by atoms with van der Waals surface area (Å²) in [4.78, 5) is 24.4. The van der Waals surface area contributed by atoms with Crippen LogP contribution in [0, 0.1) is 0 Å². The molecule has 0 bridgehead atoms. The predicted molar refractivity (Wildman–Crippen MR) is 124 cm³/mol. The van der Waals surface area contributed by atoms with Crippen molar-refractivity contribution in [3.63, 3.8) is 0 Å². The van der Waals surface area contributed by atoms with Crippen molar-refractivity contribution >= 4 is 17.7 Å². The largest absolute Gasteiger partial charge is 0.497 e. The zero-order valence-electron chi connectivity index (χ0n) is 18.9. The molecule has 0 fully saturated rings. The highest BCUT2D eigenvalue weighted by Gasteiger charge is 2.21. The van der Waals surface area contributed by atoms with Crippen molar-refractivity contribution in [3.05, 3.63) is 60.7 Å². The summed E-state index contributed by atoms with van der Waals surface area (Å²) < 4.78 is 16.4. The van der Waals surface area contributed by atoms with Crippen LogP contribution in [0.25, 0.3) is 22.6 Å². The summed E-state index contributed by atoms with van der Waals surface area (Å²) in [6.45, 7) is 6.88. The SMILES string of the molecule is COc1ccc(-c2ccc(-c3cccc(NC(=O)[C@H](C)NC(=O)OC(C)(C)C)c3)o2)cc1. The quantitative estimate of drug-likeness (QED) is 0.534. The van der Waals surface area contributed by atoms with Crippen LogP contribution in [0.4, 0.5) is 10.5 Å². The van der Waals surface area contributed by atoms with Crippen LogP contribution in [0.2, 0.25) is 0 Å². The van der Waals surface area contributed by atoms with Crippen LogP contribution < -0.4 is 15.4 Å². The molecule has 2 amide bonds. The van der Waals surface area contributed by atoms with E-state index in [1.165, 1.54) is 0 Å². The van der Waals surface area contributed by atoms with Crippen LogP contribution in [0.3, 0.4) is 0 Å². The van der Waals surface area contributed by atoms with Crippen LogP contribution in [-0.2, 0) is 9.53 Å². The molecule has 0 aliphatic carbocycles. The maximum atomic E-state index is 12.5. The highest BCUT2D eigenvalue weighted by Crippen LogP contribution is 2.30. The Morgan fingerprint density at radius 3 is 2.22 bits per heavy atom. The lowest BCUT2D eigenvalue weighted by Crippen LogP contribution is -2.43.